The summed E-state index contributed by atoms with van der Waals surface area (Å²) >= 11 is 3.04. The number of Topliss-reactive ketones (excluding diaryl/α,β-unsaturated/α-hetero) is 1. The molecule has 10 heteroatoms. The molecule has 1 atom stereocenters. The van der Waals surface area contributed by atoms with E-state index in [9.17, 15) is 9.59 Å². The van der Waals surface area contributed by atoms with E-state index in [0.717, 1.165) is 29.4 Å². The Morgan fingerprint density at radius 1 is 1.05 bits per heavy atom. The molecule has 0 radical (unpaired) electrons. The smallest absolute Gasteiger partial charge is 0.237 e. The van der Waals surface area contributed by atoms with E-state index in [2.05, 4.69) is 36.1 Å². The fourth-order valence-electron chi connectivity index (χ4n) is 5.35. The number of hydrogen-bond acceptors (Lipinski definition) is 8. The topological polar surface area (TPSA) is 103 Å². The Labute approximate surface area is 229 Å². The van der Waals surface area contributed by atoms with Crippen LogP contribution in [0.3, 0.4) is 0 Å². The first-order valence-corrected chi connectivity index (χ1v) is 14.9. The summed E-state index contributed by atoms with van der Waals surface area (Å²) in [6, 6.07) is 14.5. The molecule has 0 spiro atoms. The highest BCUT2D eigenvalue weighted by Gasteiger charge is 2.29. The fraction of sp³-hybridized carbons (Fsp3) is 0.357. The average Bonchev–Trinajstić information content (AvgIpc) is 3.63. The van der Waals surface area contributed by atoms with Crippen molar-refractivity contribution in [3.63, 3.8) is 0 Å². The highest BCUT2D eigenvalue weighted by Crippen LogP contribution is 2.36. The molecule has 1 aromatic carbocycles. The van der Waals surface area contributed by atoms with Gasteiger partial charge in [-0.3, -0.25) is 19.5 Å². The van der Waals surface area contributed by atoms with Crippen LogP contribution in [0.2, 0.25) is 0 Å². The lowest BCUT2D eigenvalue weighted by Gasteiger charge is -2.25. The predicted octanol–water partition coefficient (Wildman–Crippen LogP) is 5.95. The van der Waals surface area contributed by atoms with E-state index in [1.54, 1.807) is 17.5 Å². The van der Waals surface area contributed by atoms with Crippen LogP contribution in [-0.4, -0.2) is 42.2 Å². The molecule has 0 saturated heterocycles. The largest absolute Gasteiger partial charge is 0.299 e. The number of thiophene rings is 1. The van der Waals surface area contributed by atoms with Crippen LogP contribution in [-0.2, 0) is 11.2 Å². The van der Waals surface area contributed by atoms with Crippen molar-refractivity contribution in [2.24, 2.45) is 0 Å². The van der Waals surface area contributed by atoms with Gasteiger partial charge in [-0.25, -0.2) is 9.97 Å². The van der Waals surface area contributed by atoms with E-state index in [-0.39, 0.29) is 29.3 Å². The molecule has 0 bridgehead atoms. The van der Waals surface area contributed by atoms with Crippen molar-refractivity contribution in [1.29, 1.82) is 0 Å². The molecular weight excluding hydrogens is 516 g/mol. The van der Waals surface area contributed by atoms with Crippen LogP contribution in [0.1, 0.15) is 71.4 Å². The molecule has 1 N–H and O–H groups in total. The molecule has 8 nitrogen and oxygen atoms in total. The first-order valence-electron chi connectivity index (χ1n) is 13.0. The minimum Gasteiger partial charge on any atom is -0.299 e. The van der Waals surface area contributed by atoms with Crippen molar-refractivity contribution >= 4 is 40.7 Å². The number of aromatic nitrogens is 5. The molecule has 3 heterocycles. The first-order chi connectivity index (χ1) is 18.7. The van der Waals surface area contributed by atoms with Crippen LogP contribution in [0, 0.1) is 0 Å². The second-order valence-electron chi connectivity index (χ2n) is 9.77. The summed E-state index contributed by atoms with van der Waals surface area (Å²) in [5, 5.41) is 14.6. The molecule has 194 valence electrons. The van der Waals surface area contributed by atoms with Gasteiger partial charge in [-0.1, -0.05) is 67.4 Å². The normalized spacial score (nSPS) is 17.8. The van der Waals surface area contributed by atoms with Gasteiger partial charge in [0.15, 0.2) is 16.8 Å². The molecule has 6 rings (SSSR count). The van der Waals surface area contributed by atoms with E-state index < -0.39 is 0 Å². The SMILES string of the molecule is O=C(CSc1nnc(-c2ccccc2)n1C1CCCCC1)Nc1ncc2c(n1)C[C@H](c1cccs1)CC2=O. The van der Waals surface area contributed by atoms with Crippen LogP contribution in [0.25, 0.3) is 11.4 Å². The number of thioether (sulfide) groups is 1. The van der Waals surface area contributed by atoms with Crippen LogP contribution < -0.4 is 5.32 Å². The zero-order valence-electron chi connectivity index (χ0n) is 20.9. The summed E-state index contributed by atoms with van der Waals surface area (Å²) in [5.74, 6) is 1.20. The summed E-state index contributed by atoms with van der Waals surface area (Å²) in [5.41, 5.74) is 2.28. The molecule has 3 aromatic heterocycles. The van der Waals surface area contributed by atoms with Gasteiger partial charge in [-0.15, -0.1) is 21.5 Å². The summed E-state index contributed by atoms with van der Waals surface area (Å²) in [4.78, 5) is 35.6. The molecule has 2 aliphatic carbocycles. The average molecular weight is 545 g/mol. The standard InChI is InChI=1S/C28H28N6O2S2/c35-23-15-19(24-12-7-13-37-24)14-22-21(23)16-29-27(30-22)31-25(36)17-38-28-33-32-26(18-8-3-1-4-9-18)34(28)20-10-5-2-6-11-20/h1,3-4,7-9,12-13,16,19-20H,2,5-6,10-11,14-15,17H2,(H,29,30,31,36)/t19-/m0/s1. The van der Waals surface area contributed by atoms with Gasteiger partial charge in [-0.2, -0.15) is 0 Å². The number of benzene rings is 1. The van der Waals surface area contributed by atoms with Crippen LogP contribution in [0.5, 0.6) is 0 Å². The molecule has 38 heavy (non-hydrogen) atoms. The number of nitrogens with one attached hydrogen (secondary N) is 1. The van der Waals surface area contributed by atoms with E-state index in [4.69, 9.17) is 0 Å². The van der Waals surface area contributed by atoms with Gasteiger partial charge in [0, 0.05) is 35.0 Å². The van der Waals surface area contributed by atoms with Crippen LogP contribution in [0.15, 0.2) is 59.2 Å². The lowest BCUT2D eigenvalue weighted by molar-refractivity contribution is -0.113. The maximum atomic E-state index is 12.9. The van der Waals surface area contributed by atoms with Gasteiger partial charge < -0.3 is 0 Å². The van der Waals surface area contributed by atoms with Crippen molar-refractivity contribution in [3.05, 3.63) is 70.2 Å². The van der Waals surface area contributed by atoms with Crippen LogP contribution in [0.4, 0.5) is 5.95 Å². The Morgan fingerprint density at radius 2 is 1.89 bits per heavy atom. The Bertz CT molecular complexity index is 1430. The number of carbonyl (C=O) groups is 2. The fourth-order valence-corrected chi connectivity index (χ4v) is 6.98. The molecular formula is C28H28N6O2S2. The van der Waals surface area contributed by atoms with Crippen molar-refractivity contribution in [1.82, 2.24) is 24.7 Å². The van der Waals surface area contributed by atoms with E-state index in [1.165, 1.54) is 35.9 Å². The summed E-state index contributed by atoms with van der Waals surface area (Å²) in [6.45, 7) is 0. The third-order valence-corrected chi connectivity index (χ3v) is 9.18. The third kappa shape index (κ3) is 5.28. The predicted molar refractivity (Wildman–Crippen MR) is 149 cm³/mol. The highest BCUT2D eigenvalue weighted by molar-refractivity contribution is 7.99. The second kappa shape index (κ2) is 11.2. The number of anilines is 1. The molecule has 1 fully saturated rings. The van der Waals surface area contributed by atoms with E-state index in [1.807, 2.05) is 41.8 Å². The Balaban J connectivity index is 1.16. The van der Waals surface area contributed by atoms with E-state index in [0.29, 0.717) is 30.1 Å². The van der Waals surface area contributed by atoms with Gasteiger partial charge >= 0.3 is 0 Å². The zero-order chi connectivity index (χ0) is 25.9. The first kappa shape index (κ1) is 24.9. The minimum absolute atomic E-state index is 0.0503. The summed E-state index contributed by atoms with van der Waals surface area (Å²) < 4.78 is 2.22. The lowest BCUT2D eigenvalue weighted by atomic mass is 9.86. The summed E-state index contributed by atoms with van der Waals surface area (Å²) in [7, 11) is 0. The van der Waals surface area contributed by atoms with Gasteiger partial charge in [0.2, 0.25) is 11.9 Å². The molecule has 1 amide bonds. The van der Waals surface area contributed by atoms with Crippen molar-refractivity contribution in [2.45, 2.75) is 62.1 Å². The number of carbonyl (C=O) groups excluding carboxylic acids is 2. The molecule has 2 aliphatic rings. The van der Waals surface area contributed by atoms with E-state index >= 15 is 0 Å². The number of rotatable bonds is 7. The third-order valence-electron chi connectivity index (χ3n) is 7.21. The van der Waals surface area contributed by atoms with Crippen molar-refractivity contribution < 1.29 is 9.59 Å². The van der Waals surface area contributed by atoms with Gasteiger partial charge in [0.05, 0.1) is 17.0 Å². The molecule has 0 unspecified atom stereocenters. The van der Waals surface area contributed by atoms with Gasteiger partial charge in [0.25, 0.3) is 0 Å². The minimum atomic E-state index is -0.216. The Morgan fingerprint density at radius 3 is 2.68 bits per heavy atom. The van der Waals surface area contributed by atoms with Gasteiger partial charge in [-0.05, 0) is 30.7 Å². The monoisotopic (exact) mass is 544 g/mol. The zero-order valence-corrected chi connectivity index (χ0v) is 22.5. The maximum Gasteiger partial charge on any atom is 0.237 e. The Hall–Kier alpha value is -3.37. The molecule has 4 aromatic rings. The van der Waals surface area contributed by atoms with Crippen molar-refractivity contribution in [2.75, 3.05) is 11.1 Å². The number of fused-ring (bicyclic) bond motifs is 1. The second-order valence-corrected chi connectivity index (χ2v) is 11.7. The Kier molecular flexibility index (Phi) is 7.33. The van der Waals surface area contributed by atoms with Gasteiger partial charge in [0.1, 0.15) is 0 Å². The van der Waals surface area contributed by atoms with Crippen molar-refractivity contribution in [3.8, 4) is 11.4 Å². The molecule has 0 aliphatic heterocycles. The highest BCUT2D eigenvalue weighted by atomic mass is 32.2. The maximum absolute atomic E-state index is 12.9. The molecule has 1 saturated carbocycles. The summed E-state index contributed by atoms with van der Waals surface area (Å²) in [6.07, 6.45) is 8.48. The number of hydrogen-bond donors (Lipinski definition) is 1. The quantitative estimate of drug-likeness (QED) is 0.287. The number of ketones is 1. The lowest BCUT2D eigenvalue weighted by Crippen LogP contribution is -2.22. The number of nitrogens with zero attached hydrogens (tertiary/aromatic N) is 5. The van der Waals surface area contributed by atoms with Crippen LogP contribution >= 0.6 is 23.1 Å². The number of amides is 1.